The number of H-pyrrole nitrogens is 1. The molecule has 0 aliphatic heterocycles. The van der Waals surface area contributed by atoms with Crippen molar-refractivity contribution in [2.45, 2.75) is 0 Å². The van der Waals surface area contributed by atoms with Gasteiger partial charge in [0.2, 0.25) is 0 Å². The van der Waals surface area contributed by atoms with Crippen LogP contribution < -0.4 is 5.56 Å². The second-order valence-electron chi connectivity index (χ2n) is 2.68. The molecule has 0 aliphatic carbocycles. The van der Waals surface area contributed by atoms with Crippen LogP contribution in [0.2, 0.25) is 5.02 Å². The largest absolute Gasteiger partial charge is 0.321 e. The molecule has 13 heavy (non-hydrogen) atoms. The summed E-state index contributed by atoms with van der Waals surface area (Å²) in [5, 5.41) is 1.57. The summed E-state index contributed by atoms with van der Waals surface area (Å²) in [5.74, 6) is 0. The fourth-order valence-corrected chi connectivity index (χ4v) is 1.68. The molecule has 0 atom stereocenters. The highest BCUT2D eigenvalue weighted by Crippen LogP contribution is 2.18. The van der Waals surface area contributed by atoms with Gasteiger partial charge in [-0.25, -0.2) is 0 Å². The summed E-state index contributed by atoms with van der Waals surface area (Å²) in [4.78, 5) is 13.9. The Morgan fingerprint density at radius 2 is 2.08 bits per heavy atom. The number of aromatic amines is 1. The van der Waals surface area contributed by atoms with E-state index in [1.165, 1.54) is 0 Å². The Labute approximate surface area is 87.7 Å². The van der Waals surface area contributed by atoms with Crippen LogP contribution in [0.4, 0.5) is 0 Å². The van der Waals surface area contributed by atoms with Crippen molar-refractivity contribution in [3.8, 4) is 0 Å². The minimum Gasteiger partial charge on any atom is -0.321 e. The van der Waals surface area contributed by atoms with E-state index >= 15 is 0 Å². The van der Waals surface area contributed by atoms with Crippen LogP contribution in [0.1, 0.15) is 0 Å². The molecule has 2 rings (SSSR count). The summed E-state index contributed by atoms with van der Waals surface area (Å²) in [6, 6.07) is 7.08. The molecule has 0 radical (unpaired) electrons. The maximum atomic E-state index is 11.2. The van der Waals surface area contributed by atoms with E-state index in [-0.39, 0.29) is 5.56 Å². The molecule has 2 nitrogen and oxygen atoms in total. The summed E-state index contributed by atoms with van der Waals surface area (Å²) in [7, 11) is 0. The topological polar surface area (TPSA) is 32.9 Å². The second kappa shape index (κ2) is 3.16. The number of benzene rings is 1. The number of pyridine rings is 1. The van der Waals surface area contributed by atoms with Gasteiger partial charge in [0.25, 0.3) is 5.56 Å². The third-order valence-electron chi connectivity index (χ3n) is 1.76. The number of aromatic nitrogens is 1. The summed E-state index contributed by atoms with van der Waals surface area (Å²) in [5.41, 5.74) is 0.660. The average molecular weight is 259 g/mol. The Morgan fingerprint density at radius 1 is 1.31 bits per heavy atom. The average Bonchev–Trinajstić information content (AvgIpc) is 2.08. The predicted molar refractivity (Wildman–Crippen MR) is 57.3 cm³/mol. The first-order chi connectivity index (χ1) is 6.16. The third-order valence-corrected chi connectivity index (χ3v) is 2.59. The van der Waals surface area contributed by atoms with E-state index in [2.05, 4.69) is 20.9 Å². The van der Waals surface area contributed by atoms with E-state index in [1.807, 2.05) is 0 Å². The van der Waals surface area contributed by atoms with Crippen LogP contribution in [0.15, 0.2) is 33.5 Å². The van der Waals surface area contributed by atoms with Crippen LogP contribution in [0.5, 0.6) is 0 Å². The first-order valence-corrected chi connectivity index (χ1v) is 4.82. The molecule has 0 saturated carbocycles. The zero-order chi connectivity index (χ0) is 9.42. The van der Waals surface area contributed by atoms with Crippen LogP contribution in [-0.2, 0) is 0 Å². The quantitative estimate of drug-likeness (QED) is 0.774. The van der Waals surface area contributed by atoms with Gasteiger partial charge in [-0.1, -0.05) is 11.6 Å². The molecule has 1 aromatic heterocycles. The summed E-state index contributed by atoms with van der Waals surface area (Å²) in [6.07, 6.45) is 0. The number of hydrogen-bond donors (Lipinski definition) is 1. The number of nitrogens with one attached hydrogen (secondary N) is 1. The molecule has 0 unspecified atom stereocenters. The monoisotopic (exact) mass is 257 g/mol. The fourth-order valence-electron chi connectivity index (χ4n) is 1.15. The molecule has 1 N–H and O–H groups in total. The highest BCUT2D eigenvalue weighted by Gasteiger charge is 1.99. The molecule has 4 heteroatoms. The lowest BCUT2D eigenvalue weighted by atomic mass is 10.2. The summed E-state index contributed by atoms with van der Waals surface area (Å²) < 4.78 is 0.516. The van der Waals surface area contributed by atoms with Crippen LogP contribution in [0, 0.1) is 0 Å². The van der Waals surface area contributed by atoms with Gasteiger partial charge in [-0.2, -0.15) is 0 Å². The minimum atomic E-state index is -0.130. The molecule has 1 aromatic carbocycles. The van der Waals surface area contributed by atoms with E-state index in [9.17, 15) is 4.79 Å². The Kier molecular flexibility index (Phi) is 2.14. The first kappa shape index (κ1) is 8.78. The third kappa shape index (κ3) is 1.62. The van der Waals surface area contributed by atoms with E-state index < -0.39 is 0 Å². The highest BCUT2D eigenvalue weighted by atomic mass is 79.9. The molecule has 1 heterocycles. The highest BCUT2D eigenvalue weighted by molar-refractivity contribution is 9.10. The van der Waals surface area contributed by atoms with Crippen molar-refractivity contribution in [2.24, 2.45) is 0 Å². The summed E-state index contributed by atoms with van der Waals surface area (Å²) >= 11 is 8.96. The van der Waals surface area contributed by atoms with Crippen LogP contribution in [-0.4, -0.2) is 4.98 Å². The first-order valence-electron chi connectivity index (χ1n) is 3.65. The lowest BCUT2D eigenvalue weighted by Crippen LogP contribution is -2.05. The van der Waals surface area contributed by atoms with Gasteiger partial charge in [0.15, 0.2) is 0 Å². The van der Waals surface area contributed by atoms with Crippen LogP contribution in [0.25, 0.3) is 10.9 Å². The second-order valence-corrected chi connectivity index (χ2v) is 3.97. The van der Waals surface area contributed by atoms with Gasteiger partial charge in [0.1, 0.15) is 0 Å². The smallest absolute Gasteiger partial charge is 0.262 e. The van der Waals surface area contributed by atoms with Crippen LogP contribution >= 0.6 is 27.5 Å². The Balaban J connectivity index is 2.89. The molecule has 0 amide bonds. The maximum Gasteiger partial charge on any atom is 0.262 e. The van der Waals surface area contributed by atoms with E-state index in [1.54, 1.807) is 24.3 Å². The van der Waals surface area contributed by atoms with Gasteiger partial charge in [0.05, 0.1) is 4.47 Å². The fraction of sp³-hybridized carbons (Fsp3) is 0. The van der Waals surface area contributed by atoms with Crippen molar-refractivity contribution in [2.75, 3.05) is 0 Å². The molecule has 2 aromatic rings. The van der Waals surface area contributed by atoms with Crippen molar-refractivity contribution in [1.82, 2.24) is 4.98 Å². The van der Waals surface area contributed by atoms with Gasteiger partial charge < -0.3 is 4.98 Å². The van der Waals surface area contributed by atoms with Crippen molar-refractivity contribution < 1.29 is 0 Å². The zero-order valence-electron chi connectivity index (χ0n) is 6.47. The molecular weight excluding hydrogens is 253 g/mol. The summed E-state index contributed by atoms with van der Waals surface area (Å²) in [6.45, 7) is 0. The number of hydrogen-bond acceptors (Lipinski definition) is 1. The van der Waals surface area contributed by atoms with Crippen molar-refractivity contribution in [3.63, 3.8) is 0 Å². The van der Waals surface area contributed by atoms with Gasteiger partial charge in [-0.05, 0) is 40.2 Å². The molecule has 0 spiro atoms. The SMILES string of the molecule is O=c1[nH]c2ccc(Cl)cc2cc1Br. The van der Waals surface area contributed by atoms with E-state index in [0.29, 0.717) is 9.50 Å². The lowest BCUT2D eigenvalue weighted by Gasteiger charge is -1.98. The molecule has 0 fully saturated rings. The molecule has 0 aliphatic rings. The Morgan fingerprint density at radius 3 is 2.85 bits per heavy atom. The van der Waals surface area contributed by atoms with Crippen molar-refractivity contribution in [1.29, 1.82) is 0 Å². The van der Waals surface area contributed by atoms with Crippen molar-refractivity contribution in [3.05, 3.63) is 44.1 Å². The Bertz CT molecular complexity index is 520. The van der Waals surface area contributed by atoms with Gasteiger partial charge in [-0.3, -0.25) is 4.79 Å². The van der Waals surface area contributed by atoms with E-state index in [4.69, 9.17) is 11.6 Å². The zero-order valence-corrected chi connectivity index (χ0v) is 8.82. The van der Waals surface area contributed by atoms with Crippen molar-refractivity contribution >= 4 is 38.4 Å². The molecular formula is C9H5BrClNO. The number of halogens is 2. The lowest BCUT2D eigenvalue weighted by molar-refractivity contribution is 1.28. The number of rotatable bonds is 0. The van der Waals surface area contributed by atoms with E-state index in [0.717, 1.165) is 10.9 Å². The normalized spacial score (nSPS) is 10.6. The molecule has 0 saturated heterocycles. The number of fused-ring (bicyclic) bond motifs is 1. The molecule has 0 bridgehead atoms. The van der Waals surface area contributed by atoms with Gasteiger partial charge in [-0.15, -0.1) is 0 Å². The standard InChI is InChI=1S/C9H5BrClNO/c10-7-4-5-3-6(11)1-2-8(5)12-9(7)13/h1-4H,(H,12,13). The predicted octanol–water partition coefficient (Wildman–Crippen LogP) is 2.94. The van der Waals surface area contributed by atoms with Crippen LogP contribution in [0.3, 0.4) is 0 Å². The maximum absolute atomic E-state index is 11.2. The van der Waals surface area contributed by atoms with Gasteiger partial charge >= 0.3 is 0 Å². The minimum absolute atomic E-state index is 0.130. The van der Waals surface area contributed by atoms with Gasteiger partial charge in [0, 0.05) is 15.9 Å². The Hall–Kier alpha value is -0.800. The molecule has 66 valence electrons.